The zero-order chi connectivity index (χ0) is 20.0. The van der Waals surface area contributed by atoms with Gasteiger partial charge in [0.05, 0.1) is 6.54 Å². The van der Waals surface area contributed by atoms with Crippen LogP contribution < -0.4 is 20.0 Å². The highest BCUT2D eigenvalue weighted by Gasteiger charge is 2.31. The number of hydrogen-bond donors (Lipinski definition) is 1. The summed E-state index contributed by atoms with van der Waals surface area (Å²) in [4.78, 5) is 13.7. The van der Waals surface area contributed by atoms with Crippen LogP contribution in [0, 0.1) is 13.8 Å². The van der Waals surface area contributed by atoms with E-state index >= 15 is 0 Å². The van der Waals surface area contributed by atoms with Crippen molar-refractivity contribution in [2.24, 2.45) is 0 Å². The second kappa shape index (κ2) is 7.23. The van der Waals surface area contributed by atoms with E-state index in [0.717, 1.165) is 58.7 Å². The lowest BCUT2D eigenvalue weighted by Gasteiger charge is -2.24. The fourth-order valence-corrected chi connectivity index (χ4v) is 4.72. The highest BCUT2D eigenvalue weighted by atomic mass is 16.6. The molecule has 0 aliphatic carbocycles. The lowest BCUT2D eigenvalue weighted by atomic mass is 10.0. The van der Waals surface area contributed by atoms with Gasteiger partial charge in [0.2, 0.25) is 0 Å². The molecule has 3 aromatic rings. The van der Waals surface area contributed by atoms with Crippen molar-refractivity contribution < 1.29 is 18.8 Å². The standard InChI is InChI=1S/C24H25NO4/c1-15-5-7-19-18(13-23(26)29-24(19)16(15)2)14-25-9-3-4-20(25)17-6-8-21-22(12-17)28-11-10-27-21/h5-8,12-13,20H,3-4,9-11,14H2,1-2H3/p+1/t20-/m0/s1. The zero-order valence-electron chi connectivity index (χ0n) is 16.9. The molecule has 0 saturated carbocycles. The Hall–Kier alpha value is -2.79. The van der Waals surface area contributed by atoms with Crippen molar-refractivity contribution >= 4 is 11.0 Å². The number of likely N-dealkylation sites (tertiary alicyclic amines) is 1. The Morgan fingerprint density at radius 2 is 1.86 bits per heavy atom. The SMILES string of the molecule is Cc1ccc2c(C[NH+]3CCC[C@H]3c3ccc4c(c3)OCCO4)cc(=O)oc2c1C. The minimum Gasteiger partial charge on any atom is -0.486 e. The molecule has 0 radical (unpaired) electrons. The molecule has 1 N–H and O–H groups in total. The number of nitrogens with one attached hydrogen (secondary N) is 1. The van der Waals surface area contributed by atoms with Crippen LogP contribution in [-0.4, -0.2) is 19.8 Å². The van der Waals surface area contributed by atoms with Crippen LogP contribution in [0.25, 0.3) is 11.0 Å². The number of benzene rings is 2. The van der Waals surface area contributed by atoms with Gasteiger partial charge in [-0.1, -0.05) is 12.1 Å². The van der Waals surface area contributed by atoms with Crippen LogP contribution in [0.3, 0.4) is 0 Å². The second-order valence-electron chi connectivity index (χ2n) is 8.16. The van der Waals surface area contributed by atoms with Crippen LogP contribution in [0.2, 0.25) is 0 Å². The van der Waals surface area contributed by atoms with Gasteiger partial charge in [-0.3, -0.25) is 0 Å². The molecule has 150 valence electrons. The summed E-state index contributed by atoms with van der Waals surface area (Å²) in [7, 11) is 0. The van der Waals surface area contributed by atoms with Gasteiger partial charge in [0.25, 0.3) is 0 Å². The minimum atomic E-state index is -0.268. The fourth-order valence-electron chi connectivity index (χ4n) is 4.72. The third-order valence-corrected chi connectivity index (χ3v) is 6.39. The van der Waals surface area contributed by atoms with Gasteiger partial charge in [0.1, 0.15) is 31.4 Å². The summed E-state index contributed by atoms with van der Waals surface area (Å²) < 4.78 is 17.0. The molecule has 29 heavy (non-hydrogen) atoms. The molecule has 0 amide bonds. The molecule has 0 spiro atoms. The number of rotatable bonds is 3. The molecule has 2 aliphatic heterocycles. The second-order valence-corrected chi connectivity index (χ2v) is 8.16. The number of ether oxygens (including phenoxy) is 2. The van der Waals surface area contributed by atoms with Crippen molar-refractivity contribution in [2.45, 2.75) is 39.3 Å². The van der Waals surface area contributed by atoms with Crippen LogP contribution >= 0.6 is 0 Å². The molecule has 2 aliphatic rings. The van der Waals surface area contributed by atoms with E-state index in [0.29, 0.717) is 19.3 Å². The van der Waals surface area contributed by atoms with Gasteiger partial charge in [-0.05, 0) is 43.2 Å². The first kappa shape index (κ1) is 18.3. The maximum absolute atomic E-state index is 12.2. The van der Waals surface area contributed by atoms with E-state index in [1.807, 2.05) is 19.9 Å². The molecule has 5 nitrogen and oxygen atoms in total. The van der Waals surface area contributed by atoms with Crippen LogP contribution in [0.4, 0.5) is 0 Å². The average Bonchev–Trinajstić information content (AvgIpc) is 3.19. The van der Waals surface area contributed by atoms with Crippen LogP contribution in [0.5, 0.6) is 11.5 Å². The largest absolute Gasteiger partial charge is 0.486 e. The van der Waals surface area contributed by atoms with Gasteiger partial charge in [-0.2, -0.15) is 0 Å². The zero-order valence-corrected chi connectivity index (χ0v) is 16.9. The molecule has 2 aromatic carbocycles. The van der Waals surface area contributed by atoms with E-state index in [1.165, 1.54) is 16.9 Å². The Labute approximate surface area is 169 Å². The average molecular weight is 392 g/mol. The normalized spacial score (nSPS) is 20.9. The van der Waals surface area contributed by atoms with E-state index in [-0.39, 0.29) is 5.63 Å². The molecule has 2 atom stereocenters. The lowest BCUT2D eigenvalue weighted by molar-refractivity contribution is -0.931. The maximum Gasteiger partial charge on any atom is 0.336 e. The predicted octanol–water partition coefficient (Wildman–Crippen LogP) is 3.10. The Morgan fingerprint density at radius 3 is 2.72 bits per heavy atom. The number of hydrogen-bond acceptors (Lipinski definition) is 4. The molecule has 1 saturated heterocycles. The van der Waals surface area contributed by atoms with E-state index in [9.17, 15) is 4.79 Å². The summed E-state index contributed by atoms with van der Waals surface area (Å²) in [5.74, 6) is 1.67. The molecule has 3 heterocycles. The molecular formula is C24H26NO4+. The quantitative estimate of drug-likeness (QED) is 0.696. The molecular weight excluding hydrogens is 366 g/mol. The minimum absolute atomic E-state index is 0.268. The molecule has 1 unspecified atom stereocenters. The first-order valence-electron chi connectivity index (χ1n) is 10.4. The monoisotopic (exact) mass is 392 g/mol. The van der Waals surface area contributed by atoms with Gasteiger partial charge < -0.3 is 18.8 Å². The summed E-state index contributed by atoms with van der Waals surface area (Å²) in [5.41, 5.74) is 4.99. The van der Waals surface area contributed by atoms with E-state index in [1.54, 1.807) is 6.07 Å². The summed E-state index contributed by atoms with van der Waals surface area (Å²) in [6, 6.07) is 12.6. The molecule has 5 rings (SSSR count). The number of fused-ring (bicyclic) bond motifs is 2. The van der Waals surface area contributed by atoms with Crippen LogP contribution in [-0.2, 0) is 6.54 Å². The van der Waals surface area contributed by atoms with Crippen LogP contribution in [0.15, 0.2) is 45.6 Å². The smallest absolute Gasteiger partial charge is 0.336 e. The Bertz CT molecular complexity index is 1130. The summed E-state index contributed by atoms with van der Waals surface area (Å²) in [6.07, 6.45) is 2.30. The van der Waals surface area contributed by atoms with E-state index in [2.05, 4.69) is 24.3 Å². The molecule has 1 fully saturated rings. The number of quaternary nitrogens is 1. The fraction of sp³-hybridized carbons (Fsp3) is 0.375. The summed E-state index contributed by atoms with van der Waals surface area (Å²) >= 11 is 0. The highest BCUT2D eigenvalue weighted by molar-refractivity contribution is 5.83. The van der Waals surface area contributed by atoms with E-state index in [4.69, 9.17) is 13.9 Å². The van der Waals surface area contributed by atoms with Crippen molar-refractivity contribution in [3.05, 3.63) is 69.1 Å². The highest BCUT2D eigenvalue weighted by Crippen LogP contribution is 2.34. The topological polar surface area (TPSA) is 53.1 Å². The number of aryl methyl sites for hydroxylation is 2. The van der Waals surface area contributed by atoms with Crippen molar-refractivity contribution in [3.8, 4) is 11.5 Å². The molecule has 0 bridgehead atoms. The maximum atomic E-state index is 12.2. The first-order valence-corrected chi connectivity index (χ1v) is 10.4. The predicted molar refractivity (Wildman–Crippen MR) is 111 cm³/mol. The van der Waals surface area contributed by atoms with Gasteiger partial charge in [0.15, 0.2) is 11.5 Å². The summed E-state index contributed by atoms with van der Waals surface area (Å²) in [6.45, 7) is 7.17. The Balaban J connectivity index is 1.49. The first-order chi connectivity index (χ1) is 14.1. The molecule has 5 heteroatoms. The van der Waals surface area contributed by atoms with Crippen molar-refractivity contribution in [2.75, 3.05) is 19.8 Å². The summed E-state index contributed by atoms with van der Waals surface area (Å²) in [5, 5.41) is 1.05. The van der Waals surface area contributed by atoms with Gasteiger partial charge >= 0.3 is 5.63 Å². The Kier molecular flexibility index (Phi) is 4.55. The van der Waals surface area contributed by atoms with Gasteiger partial charge in [0, 0.05) is 35.4 Å². The molecule has 1 aromatic heterocycles. The van der Waals surface area contributed by atoms with Gasteiger partial charge in [-0.25, -0.2) is 4.79 Å². The third kappa shape index (κ3) is 3.29. The van der Waals surface area contributed by atoms with E-state index < -0.39 is 0 Å². The van der Waals surface area contributed by atoms with Crippen LogP contribution in [0.1, 0.15) is 41.1 Å². The van der Waals surface area contributed by atoms with Gasteiger partial charge in [-0.15, -0.1) is 0 Å². The third-order valence-electron chi connectivity index (χ3n) is 6.39. The van der Waals surface area contributed by atoms with Crippen molar-refractivity contribution in [1.29, 1.82) is 0 Å². The van der Waals surface area contributed by atoms with Crippen molar-refractivity contribution in [3.63, 3.8) is 0 Å². The van der Waals surface area contributed by atoms with Crippen molar-refractivity contribution in [1.82, 2.24) is 0 Å². The Morgan fingerprint density at radius 1 is 1.03 bits per heavy atom. The lowest BCUT2D eigenvalue weighted by Crippen LogP contribution is -3.08.